The van der Waals surface area contributed by atoms with Crippen LogP contribution < -0.4 is 10.6 Å². The highest BCUT2D eigenvalue weighted by molar-refractivity contribution is 6.30. The maximum atomic E-state index is 11.8. The fraction of sp³-hybridized carbons (Fsp3) is 0.278. The lowest BCUT2D eigenvalue weighted by Crippen LogP contribution is -2.28. The fourth-order valence-corrected chi connectivity index (χ4v) is 2.79. The zero-order valence-corrected chi connectivity index (χ0v) is 15.2. The van der Waals surface area contributed by atoms with Crippen LogP contribution in [0.2, 0.25) is 5.02 Å². The smallest absolute Gasteiger partial charge is 0.319 e. The van der Waals surface area contributed by atoms with Gasteiger partial charge in [0.25, 0.3) is 0 Å². The van der Waals surface area contributed by atoms with Crippen molar-refractivity contribution in [1.82, 2.24) is 19.9 Å². The van der Waals surface area contributed by atoms with Crippen molar-refractivity contribution in [3.05, 3.63) is 52.4 Å². The summed E-state index contributed by atoms with van der Waals surface area (Å²) in [6, 6.07) is 9.34. The van der Waals surface area contributed by atoms with Gasteiger partial charge in [0, 0.05) is 11.6 Å². The molecule has 0 saturated carbocycles. The molecule has 2 N–H and O–H groups in total. The quantitative estimate of drug-likeness (QED) is 0.744. The Balaban J connectivity index is 1.95. The van der Waals surface area contributed by atoms with E-state index in [-0.39, 0.29) is 6.03 Å². The second kappa shape index (κ2) is 7.11. The highest BCUT2D eigenvalue weighted by Crippen LogP contribution is 2.22. The van der Waals surface area contributed by atoms with E-state index in [1.807, 2.05) is 51.1 Å². The van der Waals surface area contributed by atoms with Crippen molar-refractivity contribution < 1.29 is 4.79 Å². The first-order valence-corrected chi connectivity index (χ1v) is 8.49. The minimum Gasteiger partial charge on any atom is -0.338 e. The molecule has 0 spiro atoms. The van der Waals surface area contributed by atoms with E-state index in [4.69, 9.17) is 11.6 Å². The van der Waals surface area contributed by atoms with Crippen LogP contribution in [0.3, 0.4) is 0 Å². The standard InChI is InChI=1S/C18H20ClN5O/c1-4-20-18(25)23-15-9-16-17(21-11(15)2)24(12(3)22-16)10-13-5-7-14(19)8-6-13/h5-9H,4,10H2,1-3H3,(H2,20,23,25). The number of fused-ring (bicyclic) bond motifs is 1. The van der Waals surface area contributed by atoms with E-state index >= 15 is 0 Å². The number of anilines is 1. The molecule has 2 aromatic heterocycles. The predicted octanol–water partition coefficient (Wildman–Crippen LogP) is 3.89. The van der Waals surface area contributed by atoms with Crippen molar-refractivity contribution in [1.29, 1.82) is 0 Å². The molecule has 3 aromatic rings. The molecular formula is C18H20ClN5O. The molecule has 0 fully saturated rings. The summed E-state index contributed by atoms with van der Waals surface area (Å²) in [5.41, 5.74) is 4.08. The van der Waals surface area contributed by atoms with E-state index in [1.165, 1.54) is 0 Å². The summed E-state index contributed by atoms with van der Waals surface area (Å²) in [4.78, 5) is 21.0. The molecule has 130 valence electrons. The molecule has 0 bridgehead atoms. The van der Waals surface area contributed by atoms with E-state index in [0.717, 1.165) is 28.2 Å². The zero-order valence-electron chi connectivity index (χ0n) is 14.4. The molecule has 0 radical (unpaired) electrons. The third kappa shape index (κ3) is 3.74. The van der Waals surface area contributed by atoms with E-state index in [0.29, 0.717) is 23.8 Å². The van der Waals surface area contributed by atoms with Crippen LogP contribution in [0.15, 0.2) is 30.3 Å². The average Bonchev–Trinajstić information content (AvgIpc) is 2.85. The molecule has 0 aliphatic carbocycles. The van der Waals surface area contributed by atoms with Crippen molar-refractivity contribution >= 4 is 34.5 Å². The summed E-state index contributed by atoms with van der Waals surface area (Å²) in [5, 5.41) is 6.23. The molecule has 1 aromatic carbocycles. The molecule has 0 atom stereocenters. The van der Waals surface area contributed by atoms with Gasteiger partial charge in [-0.15, -0.1) is 0 Å². The second-order valence-corrected chi connectivity index (χ2v) is 6.26. The summed E-state index contributed by atoms with van der Waals surface area (Å²) >= 11 is 5.95. The number of carbonyl (C=O) groups is 1. The predicted molar refractivity (Wildman–Crippen MR) is 100 cm³/mol. The van der Waals surface area contributed by atoms with Gasteiger partial charge >= 0.3 is 6.03 Å². The first-order valence-electron chi connectivity index (χ1n) is 8.11. The molecule has 6 nitrogen and oxygen atoms in total. The van der Waals surface area contributed by atoms with Gasteiger partial charge in [-0.05, 0) is 44.5 Å². The summed E-state index contributed by atoms with van der Waals surface area (Å²) in [6.45, 7) is 6.92. The number of aryl methyl sites for hydroxylation is 2. The zero-order chi connectivity index (χ0) is 18.0. The summed E-state index contributed by atoms with van der Waals surface area (Å²) in [5.74, 6) is 0.868. The van der Waals surface area contributed by atoms with Crippen LogP contribution in [0.5, 0.6) is 0 Å². The maximum absolute atomic E-state index is 11.8. The number of pyridine rings is 1. The van der Waals surface area contributed by atoms with Crippen molar-refractivity contribution in [3.8, 4) is 0 Å². The summed E-state index contributed by atoms with van der Waals surface area (Å²) in [6.07, 6.45) is 0. The Hall–Kier alpha value is -2.60. The molecule has 0 saturated heterocycles. The van der Waals surface area contributed by atoms with Gasteiger partial charge in [0.15, 0.2) is 5.65 Å². The number of halogens is 1. The van der Waals surface area contributed by atoms with E-state index < -0.39 is 0 Å². The Bertz CT molecular complexity index is 917. The van der Waals surface area contributed by atoms with Gasteiger partial charge in [0.05, 0.1) is 17.9 Å². The molecule has 7 heteroatoms. The molecular weight excluding hydrogens is 338 g/mol. The van der Waals surface area contributed by atoms with Crippen LogP contribution in [0.4, 0.5) is 10.5 Å². The van der Waals surface area contributed by atoms with Gasteiger partial charge < -0.3 is 15.2 Å². The van der Waals surface area contributed by atoms with Crippen LogP contribution in [0, 0.1) is 13.8 Å². The van der Waals surface area contributed by atoms with Crippen molar-refractivity contribution in [2.45, 2.75) is 27.3 Å². The molecule has 2 heterocycles. The minimum absolute atomic E-state index is 0.246. The van der Waals surface area contributed by atoms with E-state index in [1.54, 1.807) is 0 Å². The van der Waals surface area contributed by atoms with Crippen LogP contribution >= 0.6 is 11.6 Å². The Kier molecular flexibility index (Phi) is 4.90. The Labute approximate surface area is 151 Å². The Morgan fingerprint density at radius 3 is 2.60 bits per heavy atom. The van der Waals surface area contributed by atoms with Crippen LogP contribution in [0.25, 0.3) is 11.2 Å². The average molecular weight is 358 g/mol. The van der Waals surface area contributed by atoms with E-state index in [9.17, 15) is 4.79 Å². The first-order chi connectivity index (χ1) is 12.0. The van der Waals surface area contributed by atoms with Crippen LogP contribution in [0.1, 0.15) is 24.0 Å². The maximum Gasteiger partial charge on any atom is 0.319 e. The normalized spacial score (nSPS) is 10.9. The third-order valence-corrected chi connectivity index (χ3v) is 4.19. The highest BCUT2D eigenvalue weighted by Gasteiger charge is 2.13. The van der Waals surface area contributed by atoms with Gasteiger partial charge in [-0.1, -0.05) is 23.7 Å². The monoisotopic (exact) mass is 357 g/mol. The molecule has 0 aliphatic rings. The number of hydrogen-bond acceptors (Lipinski definition) is 3. The number of nitrogens with zero attached hydrogens (tertiary/aromatic N) is 3. The Morgan fingerprint density at radius 1 is 1.20 bits per heavy atom. The lowest BCUT2D eigenvalue weighted by molar-refractivity contribution is 0.252. The van der Waals surface area contributed by atoms with Crippen LogP contribution in [-0.4, -0.2) is 27.1 Å². The number of aromatic nitrogens is 3. The van der Waals surface area contributed by atoms with E-state index in [2.05, 4.69) is 25.2 Å². The number of hydrogen-bond donors (Lipinski definition) is 2. The molecule has 2 amide bonds. The van der Waals surface area contributed by atoms with Crippen molar-refractivity contribution in [2.24, 2.45) is 0 Å². The fourth-order valence-electron chi connectivity index (χ4n) is 2.67. The largest absolute Gasteiger partial charge is 0.338 e. The molecule has 25 heavy (non-hydrogen) atoms. The lowest BCUT2D eigenvalue weighted by Gasteiger charge is -2.10. The molecule has 0 aliphatic heterocycles. The van der Waals surface area contributed by atoms with Gasteiger partial charge in [-0.25, -0.2) is 14.8 Å². The second-order valence-electron chi connectivity index (χ2n) is 5.82. The third-order valence-electron chi connectivity index (χ3n) is 3.94. The van der Waals surface area contributed by atoms with Gasteiger partial charge in [0.1, 0.15) is 11.3 Å². The minimum atomic E-state index is -0.246. The lowest BCUT2D eigenvalue weighted by atomic mass is 10.2. The number of amides is 2. The van der Waals surface area contributed by atoms with Crippen molar-refractivity contribution in [2.75, 3.05) is 11.9 Å². The van der Waals surface area contributed by atoms with Gasteiger partial charge in [0.2, 0.25) is 0 Å². The first kappa shape index (κ1) is 17.2. The number of rotatable bonds is 4. The molecule has 3 rings (SSSR count). The number of benzene rings is 1. The summed E-state index contributed by atoms with van der Waals surface area (Å²) in [7, 11) is 0. The topological polar surface area (TPSA) is 71.8 Å². The Morgan fingerprint density at radius 2 is 1.92 bits per heavy atom. The number of imidazole rings is 1. The van der Waals surface area contributed by atoms with Gasteiger partial charge in [-0.3, -0.25) is 0 Å². The number of carbonyl (C=O) groups excluding carboxylic acids is 1. The van der Waals surface area contributed by atoms with Gasteiger partial charge in [-0.2, -0.15) is 0 Å². The number of urea groups is 1. The molecule has 0 unspecified atom stereocenters. The van der Waals surface area contributed by atoms with Crippen molar-refractivity contribution in [3.63, 3.8) is 0 Å². The summed E-state index contributed by atoms with van der Waals surface area (Å²) < 4.78 is 2.06. The SMILES string of the molecule is CCNC(=O)Nc1cc2nc(C)n(Cc3ccc(Cl)cc3)c2nc1C. The van der Waals surface area contributed by atoms with Crippen LogP contribution in [-0.2, 0) is 6.54 Å². The number of nitrogens with one attached hydrogen (secondary N) is 2. The highest BCUT2D eigenvalue weighted by atomic mass is 35.5.